The molecule has 5 rings (SSSR count). The minimum absolute atomic E-state index is 0.717. The van der Waals surface area contributed by atoms with Gasteiger partial charge in [0, 0.05) is 16.3 Å². The molecule has 0 radical (unpaired) electrons. The Labute approximate surface area is 132 Å². The quantitative estimate of drug-likeness (QED) is 0.427. The summed E-state index contributed by atoms with van der Waals surface area (Å²) in [5.74, 6) is 0.717. The average Bonchev–Trinajstić information content (AvgIpc) is 3.01. The SMILES string of the molecule is c1ccc(-c2ncc3oc4c5ccccc5ccc4c3n2)cc1. The lowest BCUT2D eigenvalue weighted by Crippen LogP contribution is -1.87. The van der Waals surface area contributed by atoms with E-state index in [-0.39, 0.29) is 0 Å². The van der Waals surface area contributed by atoms with Crippen LogP contribution in [-0.2, 0) is 0 Å². The Hall–Kier alpha value is -3.20. The highest BCUT2D eigenvalue weighted by atomic mass is 16.3. The van der Waals surface area contributed by atoms with E-state index in [4.69, 9.17) is 9.40 Å². The molecule has 2 heterocycles. The fourth-order valence-corrected chi connectivity index (χ4v) is 3.01. The molecule has 0 aliphatic carbocycles. The van der Waals surface area contributed by atoms with Gasteiger partial charge in [0.15, 0.2) is 11.4 Å². The molecule has 3 nitrogen and oxygen atoms in total. The van der Waals surface area contributed by atoms with Crippen LogP contribution in [0.5, 0.6) is 0 Å². The molecule has 0 atom stereocenters. The van der Waals surface area contributed by atoms with E-state index in [0.717, 1.165) is 38.4 Å². The summed E-state index contributed by atoms with van der Waals surface area (Å²) >= 11 is 0. The summed E-state index contributed by atoms with van der Waals surface area (Å²) in [5, 5.41) is 3.29. The Morgan fingerprint density at radius 2 is 1.57 bits per heavy atom. The number of rotatable bonds is 1. The summed E-state index contributed by atoms with van der Waals surface area (Å²) in [6.45, 7) is 0. The van der Waals surface area contributed by atoms with Crippen molar-refractivity contribution in [2.75, 3.05) is 0 Å². The van der Waals surface area contributed by atoms with Crippen LogP contribution >= 0.6 is 0 Å². The van der Waals surface area contributed by atoms with E-state index in [0.29, 0.717) is 5.82 Å². The number of aromatic nitrogens is 2. The maximum Gasteiger partial charge on any atom is 0.172 e. The van der Waals surface area contributed by atoms with Crippen LogP contribution in [0.4, 0.5) is 0 Å². The zero-order valence-electron chi connectivity index (χ0n) is 12.2. The molecular weight excluding hydrogens is 284 g/mol. The Balaban J connectivity index is 1.86. The van der Waals surface area contributed by atoms with E-state index in [9.17, 15) is 0 Å². The number of nitrogens with zero attached hydrogens (tertiary/aromatic N) is 2. The van der Waals surface area contributed by atoms with Gasteiger partial charge in [-0.05, 0) is 11.5 Å². The monoisotopic (exact) mass is 296 g/mol. The molecule has 3 heteroatoms. The zero-order chi connectivity index (χ0) is 15.2. The number of furan rings is 1. The second kappa shape index (κ2) is 4.65. The lowest BCUT2D eigenvalue weighted by atomic mass is 10.1. The first kappa shape index (κ1) is 12.4. The standard InChI is InChI=1S/C20H12N2O/c1-2-7-14(8-3-1)20-21-12-17-18(22-20)16-11-10-13-6-4-5-9-15(13)19(16)23-17/h1-12H. The second-order valence-corrected chi connectivity index (χ2v) is 5.54. The van der Waals surface area contributed by atoms with Gasteiger partial charge in [-0.25, -0.2) is 9.97 Å². The van der Waals surface area contributed by atoms with E-state index in [2.05, 4.69) is 29.2 Å². The van der Waals surface area contributed by atoms with Gasteiger partial charge < -0.3 is 4.42 Å². The number of fused-ring (bicyclic) bond motifs is 5. The number of benzene rings is 3. The summed E-state index contributed by atoms with van der Waals surface area (Å²) in [6, 6.07) is 22.4. The first-order valence-electron chi connectivity index (χ1n) is 7.52. The van der Waals surface area contributed by atoms with Gasteiger partial charge in [-0.3, -0.25) is 0 Å². The Bertz CT molecular complexity index is 1160. The summed E-state index contributed by atoms with van der Waals surface area (Å²) in [5.41, 5.74) is 3.46. The van der Waals surface area contributed by atoms with Gasteiger partial charge in [0.05, 0.1) is 6.20 Å². The lowest BCUT2D eigenvalue weighted by Gasteiger charge is -1.99. The van der Waals surface area contributed by atoms with Crippen molar-refractivity contribution in [2.24, 2.45) is 0 Å². The fraction of sp³-hybridized carbons (Fsp3) is 0. The minimum atomic E-state index is 0.717. The van der Waals surface area contributed by atoms with Crippen LogP contribution in [0.2, 0.25) is 0 Å². The summed E-state index contributed by atoms with van der Waals surface area (Å²) in [6.07, 6.45) is 1.76. The van der Waals surface area contributed by atoms with Gasteiger partial charge in [0.2, 0.25) is 0 Å². The molecule has 0 aliphatic rings. The van der Waals surface area contributed by atoms with Crippen molar-refractivity contribution >= 4 is 32.8 Å². The smallest absolute Gasteiger partial charge is 0.172 e. The van der Waals surface area contributed by atoms with Crippen molar-refractivity contribution in [3.05, 3.63) is 72.9 Å². The molecule has 0 saturated heterocycles. The molecule has 0 amide bonds. The summed E-state index contributed by atoms with van der Waals surface area (Å²) in [7, 11) is 0. The molecule has 0 saturated carbocycles. The molecule has 0 aliphatic heterocycles. The van der Waals surface area contributed by atoms with Crippen molar-refractivity contribution in [1.29, 1.82) is 0 Å². The molecule has 2 aromatic heterocycles. The van der Waals surface area contributed by atoms with Crippen molar-refractivity contribution in [2.45, 2.75) is 0 Å². The van der Waals surface area contributed by atoms with Gasteiger partial charge in [-0.2, -0.15) is 0 Å². The average molecular weight is 296 g/mol. The Morgan fingerprint density at radius 1 is 0.739 bits per heavy atom. The van der Waals surface area contributed by atoms with Crippen LogP contribution < -0.4 is 0 Å². The largest absolute Gasteiger partial charge is 0.452 e. The maximum atomic E-state index is 6.03. The predicted molar refractivity (Wildman–Crippen MR) is 92.3 cm³/mol. The normalized spacial score (nSPS) is 11.5. The third-order valence-electron chi connectivity index (χ3n) is 4.13. The molecule has 0 N–H and O–H groups in total. The highest BCUT2D eigenvalue weighted by molar-refractivity contribution is 6.13. The van der Waals surface area contributed by atoms with E-state index in [1.807, 2.05) is 42.5 Å². The molecular formula is C20H12N2O. The van der Waals surface area contributed by atoms with Gasteiger partial charge in [-0.1, -0.05) is 60.7 Å². The first-order chi connectivity index (χ1) is 11.4. The second-order valence-electron chi connectivity index (χ2n) is 5.54. The third kappa shape index (κ3) is 1.83. The van der Waals surface area contributed by atoms with Crippen LogP contribution in [0.25, 0.3) is 44.2 Å². The molecule has 108 valence electrons. The van der Waals surface area contributed by atoms with Crippen LogP contribution in [0.3, 0.4) is 0 Å². The zero-order valence-corrected chi connectivity index (χ0v) is 12.2. The summed E-state index contributed by atoms with van der Waals surface area (Å²) < 4.78 is 6.03. The van der Waals surface area contributed by atoms with Crippen molar-refractivity contribution in [1.82, 2.24) is 9.97 Å². The van der Waals surface area contributed by atoms with Crippen molar-refractivity contribution in [3.63, 3.8) is 0 Å². The van der Waals surface area contributed by atoms with Gasteiger partial charge in [0.25, 0.3) is 0 Å². The molecule has 3 aromatic carbocycles. The van der Waals surface area contributed by atoms with Gasteiger partial charge in [-0.15, -0.1) is 0 Å². The van der Waals surface area contributed by atoms with E-state index >= 15 is 0 Å². The van der Waals surface area contributed by atoms with E-state index in [1.165, 1.54) is 0 Å². The number of hydrogen-bond acceptors (Lipinski definition) is 3. The molecule has 23 heavy (non-hydrogen) atoms. The molecule has 0 fully saturated rings. The minimum Gasteiger partial charge on any atom is -0.452 e. The predicted octanol–water partition coefficient (Wildman–Crippen LogP) is 5.20. The van der Waals surface area contributed by atoms with Gasteiger partial charge >= 0.3 is 0 Å². The molecule has 0 bridgehead atoms. The lowest BCUT2D eigenvalue weighted by molar-refractivity contribution is 0.669. The van der Waals surface area contributed by atoms with Crippen LogP contribution in [0, 0.1) is 0 Å². The highest BCUT2D eigenvalue weighted by Gasteiger charge is 2.13. The fourth-order valence-electron chi connectivity index (χ4n) is 3.01. The maximum absolute atomic E-state index is 6.03. The number of hydrogen-bond donors (Lipinski definition) is 0. The van der Waals surface area contributed by atoms with Gasteiger partial charge in [0.1, 0.15) is 11.1 Å². The van der Waals surface area contributed by atoms with Crippen LogP contribution in [-0.4, -0.2) is 9.97 Å². The molecule has 0 spiro atoms. The van der Waals surface area contributed by atoms with Crippen molar-refractivity contribution in [3.8, 4) is 11.4 Å². The summed E-state index contributed by atoms with van der Waals surface area (Å²) in [4.78, 5) is 9.18. The van der Waals surface area contributed by atoms with Crippen LogP contribution in [0.15, 0.2) is 77.3 Å². The third-order valence-corrected chi connectivity index (χ3v) is 4.13. The molecule has 5 aromatic rings. The highest BCUT2D eigenvalue weighted by Crippen LogP contribution is 2.33. The van der Waals surface area contributed by atoms with Crippen LogP contribution in [0.1, 0.15) is 0 Å². The van der Waals surface area contributed by atoms with Crippen molar-refractivity contribution < 1.29 is 4.42 Å². The van der Waals surface area contributed by atoms with E-state index in [1.54, 1.807) is 6.20 Å². The van der Waals surface area contributed by atoms with E-state index < -0.39 is 0 Å². The molecule has 0 unspecified atom stereocenters. The Kier molecular flexibility index (Phi) is 2.50. The Morgan fingerprint density at radius 3 is 2.48 bits per heavy atom. The topological polar surface area (TPSA) is 38.9 Å². The first-order valence-corrected chi connectivity index (χ1v) is 7.52.